The molecule has 2 N–H and O–H groups in total. The molecule has 84 valence electrons. The van der Waals surface area contributed by atoms with Crippen molar-refractivity contribution in [2.75, 3.05) is 20.3 Å². The number of nitrogens with two attached hydrogens (primary N) is 1. The van der Waals surface area contributed by atoms with Crippen LogP contribution in [-0.2, 0) is 4.74 Å². The molecule has 0 saturated carbocycles. The van der Waals surface area contributed by atoms with Gasteiger partial charge in [-0.15, -0.1) is 0 Å². The van der Waals surface area contributed by atoms with Crippen molar-refractivity contribution < 1.29 is 9.47 Å². The number of ether oxygens (including phenoxy) is 2. The van der Waals surface area contributed by atoms with E-state index in [0.717, 1.165) is 15.8 Å². The third kappa shape index (κ3) is 3.81. The van der Waals surface area contributed by atoms with Crippen molar-refractivity contribution in [3.63, 3.8) is 0 Å². The Kier molecular flexibility index (Phi) is 5.08. The van der Waals surface area contributed by atoms with Gasteiger partial charge in [-0.25, -0.2) is 0 Å². The maximum atomic E-state index is 5.84. The Morgan fingerprint density at radius 1 is 1.40 bits per heavy atom. The van der Waals surface area contributed by atoms with Crippen LogP contribution in [0.2, 0.25) is 0 Å². The first kappa shape index (κ1) is 12.5. The lowest BCUT2D eigenvalue weighted by molar-refractivity contribution is 0.145. The molecule has 1 aromatic rings. The fraction of sp³-hybridized carbons (Fsp3) is 0.455. The Balaban J connectivity index is 2.77. The average molecular weight is 274 g/mol. The van der Waals surface area contributed by atoms with E-state index in [1.54, 1.807) is 7.11 Å². The Morgan fingerprint density at radius 2 is 2.13 bits per heavy atom. The van der Waals surface area contributed by atoms with Gasteiger partial charge in [-0.3, -0.25) is 0 Å². The minimum atomic E-state index is -0.0318. The van der Waals surface area contributed by atoms with Crippen LogP contribution in [0.25, 0.3) is 0 Å². The SMILES string of the molecule is COCCOc1cc(Br)ccc1[C@@H](C)N. The highest BCUT2D eigenvalue weighted by molar-refractivity contribution is 9.10. The standard InChI is InChI=1S/C11H16BrNO2/c1-8(13)10-4-3-9(12)7-11(10)15-6-5-14-2/h3-4,7-8H,5-6,13H2,1-2H3/t8-/m1/s1. The second-order valence-electron chi connectivity index (χ2n) is 3.31. The molecule has 1 atom stereocenters. The Morgan fingerprint density at radius 3 is 2.73 bits per heavy atom. The van der Waals surface area contributed by atoms with Gasteiger partial charge in [-0.2, -0.15) is 0 Å². The van der Waals surface area contributed by atoms with Gasteiger partial charge in [0.2, 0.25) is 0 Å². The van der Waals surface area contributed by atoms with Gasteiger partial charge >= 0.3 is 0 Å². The Bertz CT molecular complexity index is 315. The van der Waals surface area contributed by atoms with Gasteiger partial charge in [0.15, 0.2) is 0 Å². The van der Waals surface area contributed by atoms with Crippen molar-refractivity contribution in [3.05, 3.63) is 28.2 Å². The molecule has 0 aliphatic carbocycles. The fourth-order valence-electron chi connectivity index (χ4n) is 1.24. The van der Waals surface area contributed by atoms with E-state index in [4.69, 9.17) is 15.2 Å². The number of benzene rings is 1. The molecule has 0 bridgehead atoms. The highest BCUT2D eigenvalue weighted by Crippen LogP contribution is 2.27. The van der Waals surface area contributed by atoms with Crippen LogP contribution in [0.4, 0.5) is 0 Å². The summed E-state index contributed by atoms with van der Waals surface area (Å²) in [5, 5.41) is 0. The van der Waals surface area contributed by atoms with Gasteiger partial charge < -0.3 is 15.2 Å². The van der Waals surface area contributed by atoms with E-state index in [1.807, 2.05) is 25.1 Å². The summed E-state index contributed by atoms with van der Waals surface area (Å²) in [6, 6.07) is 5.82. The largest absolute Gasteiger partial charge is 0.491 e. The van der Waals surface area contributed by atoms with Crippen LogP contribution in [0.5, 0.6) is 5.75 Å². The summed E-state index contributed by atoms with van der Waals surface area (Å²) < 4.78 is 11.5. The van der Waals surface area contributed by atoms with Crippen LogP contribution in [-0.4, -0.2) is 20.3 Å². The quantitative estimate of drug-likeness (QED) is 0.839. The molecule has 0 radical (unpaired) electrons. The van der Waals surface area contributed by atoms with E-state index in [1.165, 1.54) is 0 Å². The highest BCUT2D eigenvalue weighted by Gasteiger charge is 2.08. The maximum absolute atomic E-state index is 5.84. The normalized spacial score (nSPS) is 12.5. The lowest BCUT2D eigenvalue weighted by Crippen LogP contribution is -2.10. The van der Waals surface area contributed by atoms with Gasteiger partial charge in [0.25, 0.3) is 0 Å². The molecule has 3 nitrogen and oxygen atoms in total. The summed E-state index contributed by atoms with van der Waals surface area (Å²) in [6.45, 7) is 3.05. The topological polar surface area (TPSA) is 44.5 Å². The van der Waals surface area contributed by atoms with E-state index < -0.39 is 0 Å². The lowest BCUT2D eigenvalue weighted by Gasteiger charge is -2.14. The monoisotopic (exact) mass is 273 g/mol. The van der Waals surface area contributed by atoms with Crippen LogP contribution in [0.1, 0.15) is 18.5 Å². The van der Waals surface area contributed by atoms with Gasteiger partial charge in [-0.1, -0.05) is 22.0 Å². The van der Waals surface area contributed by atoms with Gasteiger partial charge in [0.1, 0.15) is 12.4 Å². The van der Waals surface area contributed by atoms with E-state index >= 15 is 0 Å². The fourth-order valence-corrected chi connectivity index (χ4v) is 1.58. The smallest absolute Gasteiger partial charge is 0.125 e. The zero-order valence-electron chi connectivity index (χ0n) is 9.00. The molecule has 0 heterocycles. The summed E-state index contributed by atoms with van der Waals surface area (Å²) in [6.07, 6.45) is 0. The molecule has 0 saturated heterocycles. The lowest BCUT2D eigenvalue weighted by atomic mass is 10.1. The number of hydrogen-bond donors (Lipinski definition) is 1. The zero-order chi connectivity index (χ0) is 11.3. The molecule has 15 heavy (non-hydrogen) atoms. The molecule has 0 aromatic heterocycles. The molecular formula is C11H16BrNO2. The zero-order valence-corrected chi connectivity index (χ0v) is 10.6. The van der Waals surface area contributed by atoms with Crippen molar-refractivity contribution in [2.45, 2.75) is 13.0 Å². The Hall–Kier alpha value is -0.580. The van der Waals surface area contributed by atoms with Gasteiger partial charge in [0, 0.05) is 23.2 Å². The number of methoxy groups -OCH3 is 1. The molecule has 0 unspecified atom stereocenters. The molecule has 0 spiro atoms. The van der Waals surface area contributed by atoms with E-state index in [-0.39, 0.29) is 6.04 Å². The maximum Gasteiger partial charge on any atom is 0.125 e. The second kappa shape index (κ2) is 6.10. The van der Waals surface area contributed by atoms with Crippen LogP contribution in [0.15, 0.2) is 22.7 Å². The van der Waals surface area contributed by atoms with E-state index in [0.29, 0.717) is 13.2 Å². The summed E-state index contributed by atoms with van der Waals surface area (Å²) >= 11 is 3.40. The minimum absolute atomic E-state index is 0.0318. The van der Waals surface area contributed by atoms with Crippen molar-refractivity contribution in [1.82, 2.24) is 0 Å². The third-order valence-corrected chi connectivity index (χ3v) is 2.50. The van der Waals surface area contributed by atoms with Gasteiger partial charge in [-0.05, 0) is 19.1 Å². The molecule has 0 aliphatic rings. The van der Waals surface area contributed by atoms with Crippen molar-refractivity contribution in [3.8, 4) is 5.75 Å². The van der Waals surface area contributed by atoms with E-state index in [2.05, 4.69) is 15.9 Å². The van der Waals surface area contributed by atoms with Gasteiger partial charge in [0.05, 0.1) is 6.61 Å². The minimum Gasteiger partial charge on any atom is -0.491 e. The molecule has 0 amide bonds. The predicted molar refractivity (Wildman–Crippen MR) is 64.1 cm³/mol. The summed E-state index contributed by atoms with van der Waals surface area (Å²) in [5.41, 5.74) is 6.85. The van der Waals surface area contributed by atoms with Crippen LogP contribution in [0.3, 0.4) is 0 Å². The van der Waals surface area contributed by atoms with Crippen molar-refractivity contribution in [2.24, 2.45) is 5.73 Å². The summed E-state index contributed by atoms with van der Waals surface area (Å²) in [4.78, 5) is 0. The van der Waals surface area contributed by atoms with Crippen LogP contribution in [0, 0.1) is 0 Å². The molecule has 1 aromatic carbocycles. The van der Waals surface area contributed by atoms with E-state index in [9.17, 15) is 0 Å². The molecule has 1 rings (SSSR count). The summed E-state index contributed by atoms with van der Waals surface area (Å²) in [5.74, 6) is 0.816. The molecular weight excluding hydrogens is 258 g/mol. The average Bonchev–Trinajstić information content (AvgIpc) is 2.18. The first-order chi connectivity index (χ1) is 7.15. The van der Waals surface area contributed by atoms with Crippen LogP contribution < -0.4 is 10.5 Å². The van der Waals surface area contributed by atoms with Crippen molar-refractivity contribution >= 4 is 15.9 Å². The number of rotatable bonds is 5. The highest BCUT2D eigenvalue weighted by atomic mass is 79.9. The first-order valence-corrected chi connectivity index (χ1v) is 5.61. The van der Waals surface area contributed by atoms with Crippen molar-refractivity contribution in [1.29, 1.82) is 0 Å². The number of halogens is 1. The number of hydrogen-bond acceptors (Lipinski definition) is 3. The Labute approximate surface area is 98.7 Å². The van der Waals surface area contributed by atoms with Crippen LogP contribution >= 0.6 is 15.9 Å². The molecule has 4 heteroatoms. The second-order valence-corrected chi connectivity index (χ2v) is 4.23. The molecule has 0 aliphatic heterocycles. The third-order valence-electron chi connectivity index (χ3n) is 2.01. The summed E-state index contributed by atoms with van der Waals surface area (Å²) in [7, 11) is 1.65. The predicted octanol–water partition coefficient (Wildman–Crippen LogP) is 2.49. The molecule has 0 fully saturated rings. The first-order valence-electron chi connectivity index (χ1n) is 4.82.